The van der Waals surface area contributed by atoms with Gasteiger partial charge in [0.2, 0.25) is 5.95 Å². The first-order chi connectivity index (χ1) is 21.0. The molecule has 0 bridgehead atoms. The predicted octanol–water partition coefficient (Wildman–Crippen LogP) is 5.34. The lowest BCUT2D eigenvalue weighted by Gasteiger charge is -2.29. The molecule has 232 valence electrons. The number of carbonyl (C=O) groups excluding carboxylic acids is 2. The van der Waals surface area contributed by atoms with Crippen molar-refractivity contribution in [1.82, 2.24) is 24.3 Å². The van der Waals surface area contributed by atoms with Crippen LogP contribution in [0.2, 0.25) is 5.02 Å². The number of carbonyl (C=O) groups is 2. The number of likely N-dealkylation sites (N-methyl/N-ethyl adjacent to an activating group) is 2. The fourth-order valence-electron chi connectivity index (χ4n) is 5.17. The molecule has 4 aromatic rings. The topological polar surface area (TPSA) is 99.1 Å². The molecule has 2 aromatic heterocycles. The Morgan fingerprint density at radius 3 is 2.64 bits per heavy atom. The van der Waals surface area contributed by atoms with Crippen LogP contribution in [0.15, 0.2) is 48.8 Å². The Kier molecular flexibility index (Phi) is 9.14. The normalized spacial score (nSPS) is 14.1. The van der Waals surface area contributed by atoms with Gasteiger partial charge in [-0.1, -0.05) is 41.4 Å². The molecule has 2 aromatic carbocycles. The van der Waals surface area contributed by atoms with Crippen LogP contribution in [0.1, 0.15) is 0 Å². The monoisotopic (exact) mass is 642 g/mol. The Balaban J connectivity index is 1.56. The fraction of sp³-hybridized carbons (Fsp3) is 0.333. The highest BCUT2D eigenvalue weighted by Crippen LogP contribution is 2.41. The third-order valence-electron chi connectivity index (χ3n) is 7.49. The lowest BCUT2D eigenvalue weighted by molar-refractivity contribution is -0.129. The van der Waals surface area contributed by atoms with Crippen LogP contribution in [0.4, 0.5) is 32.2 Å². The van der Waals surface area contributed by atoms with E-state index < -0.39 is 17.6 Å². The van der Waals surface area contributed by atoms with Gasteiger partial charge in [0.05, 0.1) is 41.1 Å². The predicted molar refractivity (Wildman–Crippen MR) is 172 cm³/mol. The SMILES string of the molecule is COc1cc(N(C)CCN(C)C)c(N2CCN(C(=O)C(F)Cl)C2=O)cc1Nc1ncc(Cl)c(-c2cn(C)c3ccccc23)n1. The molecule has 3 amide bonds. The van der Waals surface area contributed by atoms with Gasteiger partial charge in [-0.15, -0.1) is 0 Å². The van der Waals surface area contributed by atoms with Crippen LogP contribution in [0, 0.1) is 0 Å². The lowest BCUT2D eigenvalue weighted by atomic mass is 10.1. The first-order valence-electron chi connectivity index (χ1n) is 13.8. The standard InChI is InChI=1S/C30H33Cl2FN8O3/c1-37(2)10-11-38(3)23-15-25(44-5)21(14-24(23)40-12-13-41(30(40)43)28(42)27(32)33)35-29-34-16-20(31)26(36-29)19-17-39(4)22-9-7-6-8-18(19)22/h6-9,14-17,27H,10-13H2,1-5H3,(H,34,35,36). The molecule has 1 saturated heterocycles. The number of halogens is 3. The summed E-state index contributed by atoms with van der Waals surface area (Å²) in [5.41, 5.74) is 1.75. The number of urea groups is 1. The average molecular weight is 644 g/mol. The van der Waals surface area contributed by atoms with Gasteiger partial charge < -0.3 is 24.4 Å². The van der Waals surface area contributed by atoms with Crippen LogP contribution < -0.4 is 19.9 Å². The van der Waals surface area contributed by atoms with Gasteiger partial charge in [0.15, 0.2) is 0 Å². The Morgan fingerprint density at radius 2 is 1.93 bits per heavy atom. The van der Waals surface area contributed by atoms with E-state index in [0.717, 1.165) is 27.9 Å². The molecule has 1 N–H and O–H groups in total. The van der Waals surface area contributed by atoms with Gasteiger partial charge in [-0.05, 0) is 26.2 Å². The lowest BCUT2D eigenvalue weighted by Crippen LogP contribution is -2.39. The van der Waals surface area contributed by atoms with Gasteiger partial charge in [-0.3, -0.25) is 14.6 Å². The van der Waals surface area contributed by atoms with Crippen LogP contribution in [-0.2, 0) is 11.8 Å². The second kappa shape index (κ2) is 12.8. The third kappa shape index (κ3) is 6.10. The molecule has 1 unspecified atom stereocenters. The number of amides is 3. The molecule has 0 spiro atoms. The number of nitrogens with zero attached hydrogens (tertiary/aromatic N) is 7. The summed E-state index contributed by atoms with van der Waals surface area (Å²) >= 11 is 12.0. The molecule has 1 fully saturated rings. The van der Waals surface area contributed by atoms with E-state index in [4.69, 9.17) is 32.9 Å². The third-order valence-corrected chi connectivity index (χ3v) is 7.95. The number of benzene rings is 2. The van der Waals surface area contributed by atoms with E-state index in [9.17, 15) is 14.0 Å². The largest absolute Gasteiger partial charge is 0.494 e. The quantitative estimate of drug-likeness (QED) is 0.231. The molecule has 11 nitrogen and oxygen atoms in total. The highest BCUT2D eigenvalue weighted by atomic mass is 35.5. The zero-order valence-corrected chi connectivity index (χ0v) is 26.5. The molecule has 1 aliphatic heterocycles. The van der Waals surface area contributed by atoms with Crippen molar-refractivity contribution in [1.29, 1.82) is 0 Å². The Bertz CT molecular complexity index is 1710. The van der Waals surface area contributed by atoms with Crippen molar-refractivity contribution in [2.24, 2.45) is 7.05 Å². The van der Waals surface area contributed by atoms with Crippen molar-refractivity contribution in [2.45, 2.75) is 5.63 Å². The maximum atomic E-state index is 13.6. The number of aryl methyl sites for hydroxylation is 1. The first kappa shape index (κ1) is 31.3. The summed E-state index contributed by atoms with van der Waals surface area (Å²) in [4.78, 5) is 41.1. The maximum Gasteiger partial charge on any atom is 0.331 e. The molecule has 0 saturated carbocycles. The zero-order valence-electron chi connectivity index (χ0n) is 25.0. The van der Waals surface area contributed by atoms with E-state index in [1.54, 1.807) is 12.1 Å². The number of imide groups is 1. The number of alkyl halides is 2. The number of ether oxygens (including phenoxy) is 1. The summed E-state index contributed by atoms with van der Waals surface area (Å²) in [6.45, 7) is 1.51. The van der Waals surface area contributed by atoms with Crippen molar-refractivity contribution < 1.29 is 18.7 Å². The number of nitrogens with one attached hydrogen (secondary N) is 1. The summed E-state index contributed by atoms with van der Waals surface area (Å²) in [6, 6.07) is 10.8. The van der Waals surface area contributed by atoms with Crippen molar-refractivity contribution in [3.63, 3.8) is 0 Å². The molecule has 14 heteroatoms. The summed E-state index contributed by atoms with van der Waals surface area (Å²) in [5.74, 6) is -0.374. The molecule has 5 rings (SSSR count). The fourth-order valence-corrected chi connectivity index (χ4v) is 5.48. The number of aromatic nitrogens is 3. The summed E-state index contributed by atoms with van der Waals surface area (Å²) in [7, 11) is 9.32. The van der Waals surface area contributed by atoms with Gasteiger partial charge in [0, 0.05) is 69.0 Å². The molecule has 1 atom stereocenters. The number of anilines is 4. The summed E-state index contributed by atoms with van der Waals surface area (Å²) in [6.07, 6.45) is 3.49. The van der Waals surface area contributed by atoms with Gasteiger partial charge in [0.25, 0.3) is 11.5 Å². The molecule has 0 radical (unpaired) electrons. The van der Waals surface area contributed by atoms with Crippen molar-refractivity contribution in [2.75, 3.05) is 69.5 Å². The van der Waals surface area contributed by atoms with Crippen molar-refractivity contribution in [3.8, 4) is 17.0 Å². The van der Waals surface area contributed by atoms with Gasteiger partial charge in [-0.2, -0.15) is 0 Å². The molecule has 44 heavy (non-hydrogen) atoms. The van der Waals surface area contributed by atoms with Gasteiger partial charge in [-0.25, -0.2) is 19.2 Å². The van der Waals surface area contributed by atoms with E-state index >= 15 is 0 Å². The number of methoxy groups -OCH3 is 1. The number of rotatable bonds is 10. The average Bonchev–Trinajstić information content (AvgIpc) is 3.55. The Labute approximate surface area is 264 Å². The zero-order chi connectivity index (χ0) is 31.7. The number of hydrogen-bond donors (Lipinski definition) is 1. The first-order valence-corrected chi connectivity index (χ1v) is 14.6. The molecule has 1 aliphatic rings. The maximum absolute atomic E-state index is 13.6. The number of para-hydroxylation sites is 1. The second-order valence-corrected chi connectivity index (χ2v) is 11.5. The van der Waals surface area contributed by atoms with Crippen LogP contribution in [0.3, 0.4) is 0 Å². The number of fused-ring (bicyclic) bond motifs is 1. The van der Waals surface area contributed by atoms with Gasteiger partial charge in [0.1, 0.15) is 5.75 Å². The molecule has 0 aliphatic carbocycles. The number of hydrogen-bond acceptors (Lipinski definition) is 8. The minimum Gasteiger partial charge on any atom is -0.494 e. The highest BCUT2D eigenvalue weighted by molar-refractivity contribution is 6.33. The minimum absolute atomic E-state index is 0.00482. The van der Waals surface area contributed by atoms with Crippen LogP contribution in [0.25, 0.3) is 22.2 Å². The van der Waals surface area contributed by atoms with Gasteiger partial charge >= 0.3 is 6.03 Å². The summed E-state index contributed by atoms with van der Waals surface area (Å²) < 4.78 is 21.4. The van der Waals surface area contributed by atoms with E-state index in [0.29, 0.717) is 40.1 Å². The molecular formula is C30H33Cl2FN8O3. The smallest absolute Gasteiger partial charge is 0.331 e. The van der Waals surface area contributed by atoms with Crippen LogP contribution in [-0.4, -0.2) is 96.3 Å². The van der Waals surface area contributed by atoms with Crippen LogP contribution >= 0.6 is 23.2 Å². The molecular weight excluding hydrogens is 610 g/mol. The molecule has 3 heterocycles. The van der Waals surface area contributed by atoms with Crippen molar-refractivity contribution >= 4 is 69.1 Å². The minimum atomic E-state index is -2.31. The Morgan fingerprint density at radius 1 is 1.18 bits per heavy atom. The van der Waals surface area contributed by atoms with E-state index in [1.807, 2.05) is 73.0 Å². The second-order valence-electron chi connectivity index (χ2n) is 10.7. The van der Waals surface area contributed by atoms with E-state index in [2.05, 4.69) is 10.3 Å². The van der Waals surface area contributed by atoms with Crippen molar-refractivity contribution in [3.05, 3.63) is 53.8 Å². The highest BCUT2D eigenvalue weighted by Gasteiger charge is 2.38. The van der Waals surface area contributed by atoms with E-state index in [1.165, 1.54) is 18.2 Å². The van der Waals surface area contributed by atoms with E-state index in [-0.39, 0.29) is 19.0 Å². The summed E-state index contributed by atoms with van der Waals surface area (Å²) in [5, 5.41) is 4.60. The van der Waals surface area contributed by atoms with Crippen LogP contribution in [0.5, 0.6) is 5.75 Å². The Hall–Kier alpha value is -4.13.